The van der Waals surface area contributed by atoms with Gasteiger partial charge in [-0.25, -0.2) is 0 Å². The third kappa shape index (κ3) is 4.93. The van der Waals surface area contributed by atoms with Gasteiger partial charge in [-0.05, 0) is 31.3 Å². The van der Waals surface area contributed by atoms with E-state index < -0.39 is 0 Å². The molecule has 2 saturated heterocycles. The Balaban J connectivity index is 1.49. The lowest BCUT2D eigenvalue weighted by Crippen LogP contribution is -2.44. The monoisotopic (exact) mass is 346 g/mol. The van der Waals surface area contributed by atoms with Crippen LogP contribution in [-0.4, -0.2) is 81.1 Å². The Morgan fingerprint density at radius 1 is 1.00 bits per heavy atom. The zero-order valence-corrected chi connectivity index (χ0v) is 14.7. The Morgan fingerprint density at radius 3 is 2.28 bits per heavy atom. The highest BCUT2D eigenvalue weighted by Gasteiger charge is 2.20. The number of nitrogens with one attached hydrogen (secondary N) is 1. The number of likely N-dealkylation sites (N-methyl/N-ethyl adjacent to an activating group) is 1. The van der Waals surface area contributed by atoms with Gasteiger partial charge in [0, 0.05) is 50.6 Å². The fraction of sp³-hybridized carbons (Fsp3) is 0.556. The lowest BCUT2D eigenvalue weighted by atomic mass is 10.2. The molecule has 1 N–H and O–H groups in total. The number of morpholine rings is 1. The third-order valence-electron chi connectivity index (χ3n) is 4.70. The van der Waals surface area contributed by atoms with Gasteiger partial charge in [-0.15, -0.1) is 0 Å². The van der Waals surface area contributed by atoms with E-state index in [0.29, 0.717) is 26.3 Å². The summed E-state index contributed by atoms with van der Waals surface area (Å²) in [6.45, 7) is 6.34. The van der Waals surface area contributed by atoms with Gasteiger partial charge in [0.05, 0.1) is 13.2 Å². The molecule has 2 heterocycles. The number of ether oxygens (including phenoxy) is 1. The van der Waals surface area contributed by atoms with E-state index in [9.17, 15) is 9.59 Å². The van der Waals surface area contributed by atoms with Crippen molar-refractivity contribution in [2.24, 2.45) is 0 Å². The molecule has 0 atom stereocenters. The quantitative estimate of drug-likeness (QED) is 0.810. The van der Waals surface area contributed by atoms with E-state index in [4.69, 9.17) is 4.74 Å². The highest BCUT2D eigenvalue weighted by molar-refractivity contribution is 6.03. The summed E-state index contributed by atoms with van der Waals surface area (Å²) in [5.41, 5.74) is 1.88. The molecule has 2 aliphatic heterocycles. The number of benzene rings is 1. The van der Waals surface area contributed by atoms with Crippen LogP contribution >= 0.6 is 0 Å². The molecule has 25 heavy (non-hydrogen) atoms. The predicted octanol–water partition coefficient (Wildman–Crippen LogP) is 0.626. The Labute approximate surface area is 148 Å². The van der Waals surface area contributed by atoms with Crippen molar-refractivity contribution in [2.45, 2.75) is 6.42 Å². The molecule has 0 radical (unpaired) electrons. The van der Waals surface area contributed by atoms with Gasteiger partial charge in [0.25, 0.3) is 0 Å². The molecule has 3 rings (SSSR count). The summed E-state index contributed by atoms with van der Waals surface area (Å²) in [5.74, 6) is -0.418. The van der Waals surface area contributed by atoms with Crippen LogP contribution in [-0.2, 0) is 14.3 Å². The van der Waals surface area contributed by atoms with E-state index in [2.05, 4.69) is 22.2 Å². The molecule has 0 bridgehead atoms. The first-order chi connectivity index (χ1) is 12.1. The summed E-state index contributed by atoms with van der Waals surface area (Å²) in [6.07, 6.45) is -0.125. The van der Waals surface area contributed by atoms with Crippen LogP contribution in [0.4, 0.5) is 11.4 Å². The van der Waals surface area contributed by atoms with Gasteiger partial charge in [-0.1, -0.05) is 0 Å². The second kappa shape index (κ2) is 8.31. The summed E-state index contributed by atoms with van der Waals surface area (Å²) in [7, 11) is 2.13. The highest BCUT2D eigenvalue weighted by atomic mass is 16.5. The van der Waals surface area contributed by atoms with Crippen molar-refractivity contribution >= 4 is 23.2 Å². The average Bonchev–Trinajstić information content (AvgIpc) is 2.64. The van der Waals surface area contributed by atoms with E-state index in [0.717, 1.165) is 37.6 Å². The van der Waals surface area contributed by atoms with Crippen LogP contribution < -0.4 is 10.2 Å². The SMILES string of the molecule is CN1CCN(c2ccc(NC(=O)CC(=O)N3CCOCC3)cc2)CC1. The molecule has 1 aromatic rings. The summed E-state index contributed by atoms with van der Waals surface area (Å²) >= 11 is 0. The van der Waals surface area contributed by atoms with Crippen LogP contribution in [0.25, 0.3) is 0 Å². The second-order valence-electron chi connectivity index (χ2n) is 6.56. The lowest BCUT2D eigenvalue weighted by Gasteiger charge is -2.34. The summed E-state index contributed by atoms with van der Waals surface area (Å²) in [5, 5.41) is 2.80. The number of carbonyl (C=O) groups excluding carboxylic acids is 2. The molecule has 2 amide bonds. The number of nitrogens with zero attached hydrogens (tertiary/aromatic N) is 3. The van der Waals surface area contributed by atoms with Crippen molar-refractivity contribution in [3.63, 3.8) is 0 Å². The number of hydrogen-bond donors (Lipinski definition) is 1. The van der Waals surface area contributed by atoms with Gasteiger partial charge >= 0.3 is 0 Å². The number of piperazine rings is 1. The van der Waals surface area contributed by atoms with Crippen LogP contribution in [0.5, 0.6) is 0 Å². The summed E-state index contributed by atoms with van der Waals surface area (Å²) in [6, 6.07) is 7.82. The van der Waals surface area contributed by atoms with E-state index in [1.165, 1.54) is 0 Å². The van der Waals surface area contributed by atoms with Crippen molar-refractivity contribution in [1.82, 2.24) is 9.80 Å². The summed E-state index contributed by atoms with van der Waals surface area (Å²) in [4.78, 5) is 30.5. The molecule has 0 saturated carbocycles. The maximum absolute atomic E-state index is 12.1. The minimum absolute atomic E-state index is 0.125. The van der Waals surface area contributed by atoms with E-state index in [1.54, 1.807) is 4.90 Å². The second-order valence-corrected chi connectivity index (χ2v) is 6.56. The molecule has 0 spiro atoms. The van der Waals surface area contributed by atoms with Crippen LogP contribution in [0, 0.1) is 0 Å². The molecule has 7 nitrogen and oxygen atoms in total. The van der Waals surface area contributed by atoms with Crippen molar-refractivity contribution < 1.29 is 14.3 Å². The fourth-order valence-corrected chi connectivity index (χ4v) is 3.09. The first-order valence-electron chi connectivity index (χ1n) is 8.81. The van der Waals surface area contributed by atoms with Gasteiger partial charge in [-0.3, -0.25) is 9.59 Å². The van der Waals surface area contributed by atoms with E-state index in [1.807, 2.05) is 24.3 Å². The largest absolute Gasteiger partial charge is 0.378 e. The van der Waals surface area contributed by atoms with Gasteiger partial charge in [0.1, 0.15) is 6.42 Å². The smallest absolute Gasteiger partial charge is 0.233 e. The first-order valence-corrected chi connectivity index (χ1v) is 8.81. The van der Waals surface area contributed by atoms with E-state index >= 15 is 0 Å². The third-order valence-corrected chi connectivity index (χ3v) is 4.70. The van der Waals surface area contributed by atoms with Gasteiger partial charge in [0.15, 0.2) is 0 Å². The first kappa shape index (κ1) is 17.7. The number of anilines is 2. The molecule has 136 valence electrons. The van der Waals surface area contributed by atoms with Gasteiger partial charge in [0.2, 0.25) is 11.8 Å². The van der Waals surface area contributed by atoms with Crippen molar-refractivity contribution in [3.8, 4) is 0 Å². The van der Waals surface area contributed by atoms with Crippen molar-refractivity contribution in [1.29, 1.82) is 0 Å². The van der Waals surface area contributed by atoms with Gasteiger partial charge in [-0.2, -0.15) is 0 Å². The number of hydrogen-bond acceptors (Lipinski definition) is 5. The number of rotatable bonds is 4. The Bertz CT molecular complexity index is 591. The Kier molecular flexibility index (Phi) is 5.88. The van der Waals surface area contributed by atoms with Crippen LogP contribution in [0.3, 0.4) is 0 Å². The molecule has 7 heteroatoms. The molecule has 0 aliphatic carbocycles. The molecule has 2 fully saturated rings. The minimum atomic E-state index is -0.274. The molecule has 0 aromatic heterocycles. The molecular weight excluding hydrogens is 320 g/mol. The Morgan fingerprint density at radius 2 is 1.64 bits per heavy atom. The molecular formula is C18H26N4O3. The van der Waals surface area contributed by atoms with Gasteiger partial charge < -0.3 is 24.8 Å². The minimum Gasteiger partial charge on any atom is -0.378 e. The predicted molar refractivity (Wildman–Crippen MR) is 96.8 cm³/mol. The molecule has 1 aromatic carbocycles. The van der Waals surface area contributed by atoms with E-state index in [-0.39, 0.29) is 18.2 Å². The zero-order chi connectivity index (χ0) is 17.6. The number of amides is 2. The zero-order valence-electron chi connectivity index (χ0n) is 14.7. The Hall–Kier alpha value is -2.12. The van der Waals surface area contributed by atoms with Crippen molar-refractivity contribution in [3.05, 3.63) is 24.3 Å². The standard InChI is InChI=1S/C18H26N4O3/c1-20-6-8-21(9-7-20)16-4-2-15(3-5-16)19-17(23)14-18(24)22-10-12-25-13-11-22/h2-5H,6-14H2,1H3,(H,19,23). The highest BCUT2D eigenvalue weighted by Crippen LogP contribution is 2.19. The lowest BCUT2D eigenvalue weighted by molar-refractivity contribution is -0.138. The maximum Gasteiger partial charge on any atom is 0.233 e. The molecule has 2 aliphatic rings. The summed E-state index contributed by atoms with van der Waals surface area (Å²) < 4.78 is 5.22. The van der Waals surface area contributed by atoms with Crippen LogP contribution in [0.15, 0.2) is 24.3 Å². The average molecular weight is 346 g/mol. The topological polar surface area (TPSA) is 65.1 Å². The fourth-order valence-electron chi connectivity index (χ4n) is 3.09. The number of carbonyl (C=O) groups is 2. The molecule has 0 unspecified atom stereocenters. The van der Waals surface area contributed by atoms with Crippen LogP contribution in [0.2, 0.25) is 0 Å². The normalized spacial score (nSPS) is 18.9. The maximum atomic E-state index is 12.1. The van der Waals surface area contributed by atoms with Crippen molar-refractivity contribution in [2.75, 3.05) is 69.7 Å². The van der Waals surface area contributed by atoms with Crippen LogP contribution in [0.1, 0.15) is 6.42 Å².